The summed E-state index contributed by atoms with van der Waals surface area (Å²) in [4.78, 5) is 24.1. The van der Waals surface area contributed by atoms with Crippen LogP contribution in [0.5, 0.6) is 0 Å². The summed E-state index contributed by atoms with van der Waals surface area (Å²) in [5.74, 6) is -0.813. The Morgan fingerprint density at radius 1 is 0.900 bits per heavy atom. The van der Waals surface area contributed by atoms with Gasteiger partial charge < -0.3 is 0 Å². The number of carbonyl (C=O) groups is 2. The number of nitrogens with zero attached hydrogens (tertiary/aromatic N) is 2. The predicted octanol–water partition coefficient (Wildman–Crippen LogP) is 2.97. The van der Waals surface area contributed by atoms with Gasteiger partial charge >= 0.3 is 0 Å². The van der Waals surface area contributed by atoms with Crippen molar-refractivity contribution in [1.29, 1.82) is 0 Å². The van der Waals surface area contributed by atoms with Crippen LogP contribution in [-0.2, 0) is 0 Å². The van der Waals surface area contributed by atoms with Crippen molar-refractivity contribution in [2.45, 2.75) is 0 Å². The van der Waals surface area contributed by atoms with Crippen LogP contribution in [0.1, 0.15) is 26.3 Å². The molecule has 1 heterocycles. The molecule has 0 atom stereocenters. The van der Waals surface area contributed by atoms with Gasteiger partial charge in [-0.15, -0.1) is 0 Å². The average Bonchev–Trinajstić information content (AvgIpc) is 2.71. The van der Waals surface area contributed by atoms with Crippen LogP contribution in [0, 0.1) is 0 Å². The van der Waals surface area contributed by atoms with Gasteiger partial charge in [0.2, 0.25) is 0 Å². The maximum atomic E-state index is 12.1. The highest BCUT2D eigenvalue weighted by molar-refractivity contribution is 6.30. The van der Waals surface area contributed by atoms with E-state index in [-0.39, 0.29) is 0 Å². The van der Waals surface area contributed by atoms with Crippen molar-refractivity contribution in [2.75, 3.05) is 0 Å². The molecule has 2 aromatic rings. The second-order valence-corrected chi connectivity index (χ2v) is 4.70. The number of halogens is 1. The van der Waals surface area contributed by atoms with Crippen LogP contribution in [0.4, 0.5) is 0 Å². The minimum atomic E-state index is -0.407. The van der Waals surface area contributed by atoms with E-state index in [1.165, 1.54) is 6.21 Å². The fourth-order valence-corrected chi connectivity index (χ4v) is 2.08. The quantitative estimate of drug-likeness (QED) is 0.629. The van der Waals surface area contributed by atoms with Crippen molar-refractivity contribution in [3.05, 3.63) is 70.2 Å². The number of amides is 2. The second kappa shape index (κ2) is 4.90. The number of fused-ring (bicyclic) bond motifs is 1. The van der Waals surface area contributed by atoms with Gasteiger partial charge in [0, 0.05) is 5.02 Å². The molecule has 1 aliphatic heterocycles. The summed E-state index contributed by atoms with van der Waals surface area (Å²) < 4.78 is 0. The van der Waals surface area contributed by atoms with Crippen LogP contribution in [0.2, 0.25) is 5.02 Å². The standard InChI is InChI=1S/C15H9ClN2O2/c16-11-7-5-10(6-8-11)9-17-18-14(19)12-3-1-2-4-13(12)15(18)20/h1-9H. The SMILES string of the molecule is O=C1c2ccccc2C(=O)N1N=Cc1ccc(Cl)cc1. The molecule has 0 saturated heterocycles. The predicted molar refractivity (Wildman–Crippen MR) is 76.0 cm³/mol. The first-order valence-electron chi connectivity index (χ1n) is 5.94. The molecule has 0 aliphatic carbocycles. The minimum absolute atomic E-state index is 0.380. The number of hydrogen-bond acceptors (Lipinski definition) is 3. The van der Waals surface area contributed by atoms with E-state index < -0.39 is 11.8 Å². The Hall–Kier alpha value is -2.46. The number of carbonyl (C=O) groups excluding carboxylic acids is 2. The molecular weight excluding hydrogens is 276 g/mol. The van der Waals surface area contributed by atoms with Gasteiger partial charge in [0.15, 0.2) is 0 Å². The molecule has 0 radical (unpaired) electrons. The number of rotatable bonds is 2. The highest BCUT2D eigenvalue weighted by atomic mass is 35.5. The van der Waals surface area contributed by atoms with Crippen LogP contribution in [0.25, 0.3) is 0 Å². The summed E-state index contributed by atoms with van der Waals surface area (Å²) >= 11 is 5.78. The molecule has 2 aromatic carbocycles. The van der Waals surface area contributed by atoms with E-state index in [4.69, 9.17) is 11.6 Å². The van der Waals surface area contributed by atoms with Gasteiger partial charge in [-0.3, -0.25) is 9.59 Å². The summed E-state index contributed by atoms with van der Waals surface area (Å²) in [6.07, 6.45) is 1.46. The molecule has 1 aliphatic rings. The van der Waals surface area contributed by atoms with Crippen LogP contribution in [0.15, 0.2) is 53.6 Å². The lowest BCUT2D eigenvalue weighted by Gasteiger charge is -2.05. The lowest BCUT2D eigenvalue weighted by molar-refractivity contribution is 0.0660. The first-order valence-corrected chi connectivity index (χ1v) is 6.32. The third-order valence-corrected chi connectivity index (χ3v) is 3.22. The van der Waals surface area contributed by atoms with Gasteiger partial charge in [-0.05, 0) is 29.8 Å². The molecule has 0 unspecified atom stereocenters. The molecule has 0 spiro atoms. The van der Waals surface area contributed by atoms with Crippen LogP contribution < -0.4 is 0 Å². The Kier molecular flexibility index (Phi) is 3.08. The first-order chi connectivity index (χ1) is 9.66. The average molecular weight is 285 g/mol. The fourth-order valence-electron chi connectivity index (χ4n) is 1.95. The topological polar surface area (TPSA) is 49.7 Å². The Bertz CT molecular complexity index is 688. The van der Waals surface area contributed by atoms with Gasteiger partial charge in [-0.1, -0.05) is 35.9 Å². The molecule has 20 heavy (non-hydrogen) atoms. The van der Waals surface area contributed by atoms with Gasteiger partial charge in [0.25, 0.3) is 11.8 Å². The van der Waals surface area contributed by atoms with Gasteiger partial charge in [-0.2, -0.15) is 10.1 Å². The molecule has 3 rings (SSSR count). The van der Waals surface area contributed by atoms with Crippen LogP contribution in [-0.4, -0.2) is 23.0 Å². The van der Waals surface area contributed by atoms with Crippen molar-refractivity contribution in [1.82, 2.24) is 5.01 Å². The van der Waals surface area contributed by atoms with Gasteiger partial charge in [0.05, 0.1) is 17.3 Å². The van der Waals surface area contributed by atoms with Crippen LogP contribution >= 0.6 is 11.6 Å². The van der Waals surface area contributed by atoms with Crippen molar-refractivity contribution in [3.63, 3.8) is 0 Å². The van der Waals surface area contributed by atoms with Crippen molar-refractivity contribution < 1.29 is 9.59 Å². The van der Waals surface area contributed by atoms with E-state index in [1.54, 1.807) is 48.5 Å². The van der Waals surface area contributed by atoms with Gasteiger partial charge in [0.1, 0.15) is 0 Å². The molecule has 0 aromatic heterocycles. The summed E-state index contributed by atoms with van der Waals surface area (Å²) in [6, 6.07) is 13.6. The zero-order valence-corrected chi connectivity index (χ0v) is 11.0. The molecule has 2 amide bonds. The smallest absolute Gasteiger partial charge is 0.267 e. The third-order valence-electron chi connectivity index (χ3n) is 2.96. The molecule has 4 nitrogen and oxygen atoms in total. The Balaban J connectivity index is 1.88. The van der Waals surface area contributed by atoms with Crippen molar-refractivity contribution in [2.24, 2.45) is 5.10 Å². The Morgan fingerprint density at radius 2 is 1.45 bits per heavy atom. The molecule has 0 fully saturated rings. The molecule has 0 saturated carbocycles. The van der Waals surface area contributed by atoms with Crippen molar-refractivity contribution >= 4 is 29.6 Å². The maximum absolute atomic E-state index is 12.1. The van der Waals surface area contributed by atoms with E-state index in [0.29, 0.717) is 16.1 Å². The normalized spacial score (nSPS) is 14.2. The van der Waals surface area contributed by atoms with Gasteiger partial charge in [-0.25, -0.2) is 0 Å². The van der Waals surface area contributed by atoms with E-state index in [1.807, 2.05) is 0 Å². The summed E-state index contributed by atoms with van der Waals surface area (Å²) in [6.45, 7) is 0. The largest absolute Gasteiger partial charge is 0.282 e. The van der Waals surface area contributed by atoms with Crippen molar-refractivity contribution in [3.8, 4) is 0 Å². The first kappa shape index (κ1) is 12.6. The molecule has 98 valence electrons. The lowest BCUT2D eigenvalue weighted by Crippen LogP contribution is -2.23. The zero-order chi connectivity index (χ0) is 14.1. The third kappa shape index (κ3) is 2.10. The Labute approximate surface area is 120 Å². The highest BCUT2D eigenvalue weighted by Crippen LogP contribution is 2.22. The van der Waals surface area contributed by atoms with E-state index in [0.717, 1.165) is 10.6 Å². The lowest BCUT2D eigenvalue weighted by atomic mass is 10.1. The molecular formula is C15H9ClN2O2. The van der Waals surface area contributed by atoms with Crippen LogP contribution in [0.3, 0.4) is 0 Å². The van der Waals surface area contributed by atoms with E-state index >= 15 is 0 Å². The fraction of sp³-hybridized carbons (Fsp3) is 0. The highest BCUT2D eigenvalue weighted by Gasteiger charge is 2.35. The molecule has 0 N–H and O–H groups in total. The van der Waals surface area contributed by atoms with E-state index in [9.17, 15) is 9.59 Å². The Morgan fingerprint density at radius 3 is 2.00 bits per heavy atom. The number of benzene rings is 2. The zero-order valence-electron chi connectivity index (χ0n) is 10.3. The minimum Gasteiger partial charge on any atom is -0.267 e. The molecule has 5 heteroatoms. The number of imide groups is 1. The second-order valence-electron chi connectivity index (χ2n) is 4.26. The number of hydrazone groups is 1. The molecule has 0 bridgehead atoms. The number of hydrogen-bond donors (Lipinski definition) is 0. The summed E-state index contributed by atoms with van der Waals surface area (Å²) in [5, 5.41) is 5.45. The van der Waals surface area contributed by atoms with E-state index in [2.05, 4.69) is 5.10 Å². The maximum Gasteiger partial charge on any atom is 0.282 e. The monoisotopic (exact) mass is 284 g/mol. The summed E-state index contributed by atoms with van der Waals surface area (Å²) in [5.41, 5.74) is 1.52. The summed E-state index contributed by atoms with van der Waals surface area (Å²) in [7, 11) is 0.